The molecule has 0 aromatic carbocycles. The average Bonchev–Trinajstić information content (AvgIpc) is 3.01. The third-order valence-electron chi connectivity index (χ3n) is 3.50. The first-order chi connectivity index (χ1) is 10.6. The highest BCUT2D eigenvalue weighted by Gasteiger charge is 2.20. The normalized spacial score (nSPS) is 16.8. The fraction of sp³-hybridized carbons (Fsp3) is 0.438. The van der Waals surface area contributed by atoms with E-state index in [1.54, 1.807) is 19.1 Å². The zero-order chi connectivity index (χ0) is 15.9. The van der Waals surface area contributed by atoms with Gasteiger partial charge in [-0.25, -0.2) is 9.78 Å². The molecule has 1 saturated carbocycles. The van der Waals surface area contributed by atoms with Crippen molar-refractivity contribution in [2.75, 3.05) is 6.61 Å². The molecule has 1 aliphatic rings. The highest BCUT2D eigenvalue weighted by molar-refractivity contribution is 6.31. The number of rotatable bonds is 5. The minimum absolute atomic E-state index is 0.00338. The Labute approximate surface area is 134 Å². The number of pyridine rings is 1. The molecule has 0 spiro atoms. The third-order valence-corrected chi connectivity index (χ3v) is 3.81. The van der Waals surface area contributed by atoms with Crippen LogP contribution in [0.3, 0.4) is 0 Å². The zero-order valence-electron chi connectivity index (χ0n) is 12.5. The largest absolute Gasteiger partial charge is 0.506 e. The predicted octanol–water partition coefficient (Wildman–Crippen LogP) is 3.58. The van der Waals surface area contributed by atoms with Gasteiger partial charge in [0.2, 0.25) is 0 Å². The molecule has 6 heteroatoms. The molecule has 0 amide bonds. The summed E-state index contributed by atoms with van der Waals surface area (Å²) in [6.45, 7) is 1.92. The third kappa shape index (κ3) is 4.07. The number of carbonyl (C=O) groups excluding carboxylic acids is 1. The summed E-state index contributed by atoms with van der Waals surface area (Å²) in [5, 5.41) is 10.5. The number of aromatic nitrogens is 1. The highest BCUT2D eigenvalue weighted by atomic mass is 35.5. The number of esters is 1. The van der Waals surface area contributed by atoms with E-state index in [0.29, 0.717) is 0 Å². The van der Waals surface area contributed by atoms with E-state index >= 15 is 0 Å². The molecule has 22 heavy (non-hydrogen) atoms. The number of hydrogen-bond acceptors (Lipinski definition) is 5. The van der Waals surface area contributed by atoms with Crippen LogP contribution in [-0.4, -0.2) is 34.9 Å². The lowest BCUT2D eigenvalue weighted by molar-refractivity contribution is -0.137. The first kappa shape index (κ1) is 16.5. The van der Waals surface area contributed by atoms with E-state index in [2.05, 4.69) is 9.98 Å². The molecule has 1 heterocycles. The van der Waals surface area contributed by atoms with Gasteiger partial charge in [-0.2, -0.15) is 0 Å². The summed E-state index contributed by atoms with van der Waals surface area (Å²) in [4.78, 5) is 20.4. The Morgan fingerprint density at radius 1 is 1.55 bits per heavy atom. The van der Waals surface area contributed by atoms with Crippen LogP contribution in [0.1, 0.15) is 38.2 Å². The molecule has 5 nitrogen and oxygen atoms in total. The Balaban J connectivity index is 2.35. The molecule has 2 rings (SSSR count). The summed E-state index contributed by atoms with van der Waals surface area (Å²) in [6.07, 6.45) is 7.19. The Bertz CT molecular complexity index is 593. The second kappa shape index (κ2) is 7.94. The topological polar surface area (TPSA) is 71.8 Å². The summed E-state index contributed by atoms with van der Waals surface area (Å²) < 4.78 is 4.99. The molecule has 1 N–H and O–H groups in total. The predicted molar refractivity (Wildman–Crippen MR) is 86.2 cm³/mol. The van der Waals surface area contributed by atoms with Crippen molar-refractivity contribution in [2.24, 2.45) is 4.99 Å². The Morgan fingerprint density at radius 2 is 2.27 bits per heavy atom. The van der Waals surface area contributed by atoms with Crippen LogP contribution in [-0.2, 0) is 9.53 Å². The van der Waals surface area contributed by atoms with E-state index < -0.39 is 5.97 Å². The van der Waals surface area contributed by atoms with E-state index in [-0.39, 0.29) is 34.7 Å². The van der Waals surface area contributed by atoms with Gasteiger partial charge in [-0.1, -0.05) is 24.4 Å². The summed E-state index contributed by atoms with van der Waals surface area (Å²) in [5.41, 5.74) is 0.286. The molecule has 0 bridgehead atoms. The molecular weight excluding hydrogens is 304 g/mol. The van der Waals surface area contributed by atoms with Gasteiger partial charge in [0.25, 0.3) is 0 Å². The Hall–Kier alpha value is -1.88. The van der Waals surface area contributed by atoms with Crippen LogP contribution in [0, 0.1) is 0 Å². The van der Waals surface area contributed by atoms with Crippen LogP contribution in [0.25, 0.3) is 5.76 Å². The summed E-state index contributed by atoms with van der Waals surface area (Å²) in [5.74, 6) is -0.889. The van der Waals surface area contributed by atoms with Crippen LogP contribution < -0.4 is 0 Å². The van der Waals surface area contributed by atoms with Crippen LogP contribution in [0.2, 0.25) is 5.15 Å². The standard InChI is InChI=1S/C16H19ClN2O3/c1-2-22-16(21)13(10-19-11-6-3-4-7-11)14(20)12-8-5-9-18-15(12)17/h5,8-11,20H,2-4,6-7H2,1H3/b14-13+,19-10?. The van der Waals surface area contributed by atoms with Crippen molar-refractivity contribution in [3.8, 4) is 0 Å². The van der Waals surface area contributed by atoms with E-state index in [9.17, 15) is 9.90 Å². The summed E-state index contributed by atoms with van der Waals surface area (Å²) in [7, 11) is 0. The maximum Gasteiger partial charge on any atom is 0.343 e. The number of aliphatic imine (C=N–C) groups is 1. The average molecular weight is 323 g/mol. The fourth-order valence-electron chi connectivity index (χ4n) is 2.36. The van der Waals surface area contributed by atoms with Crippen molar-refractivity contribution in [2.45, 2.75) is 38.6 Å². The van der Waals surface area contributed by atoms with Crippen LogP contribution in [0.15, 0.2) is 28.9 Å². The van der Waals surface area contributed by atoms with Crippen molar-refractivity contribution < 1.29 is 14.6 Å². The molecule has 1 aromatic rings. The molecular formula is C16H19ClN2O3. The maximum absolute atomic E-state index is 12.1. The number of halogens is 1. The van der Waals surface area contributed by atoms with Gasteiger partial charge >= 0.3 is 5.97 Å². The SMILES string of the molecule is CCOC(=O)/C(C=NC1CCCC1)=C(/O)c1cccnc1Cl. The minimum Gasteiger partial charge on any atom is -0.506 e. The van der Waals surface area contributed by atoms with Gasteiger partial charge in [0.1, 0.15) is 16.5 Å². The van der Waals surface area contributed by atoms with Crippen LogP contribution >= 0.6 is 11.6 Å². The number of aliphatic hydroxyl groups is 1. The summed E-state index contributed by atoms with van der Waals surface area (Å²) >= 11 is 5.97. The number of ether oxygens (including phenoxy) is 1. The molecule has 1 fully saturated rings. The van der Waals surface area contributed by atoms with Crippen molar-refractivity contribution in [3.05, 3.63) is 34.6 Å². The smallest absolute Gasteiger partial charge is 0.343 e. The fourth-order valence-corrected chi connectivity index (χ4v) is 2.57. The molecule has 0 radical (unpaired) electrons. The lowest BCUT2D eigenvalue weighted by Crippen LogP contribution is -2.12. The monoisotopic (exact) mass is 322 g/mol. The lowest BCUT2D eigenvalue weighted by Gasteiger charge is -2.08. The van der Waals surface area contributed by atoms with Crippen molar-refractivity contribution in [1.29, 1.82) is 0 Å². The Kier molecular flexibility index (Phi) is 5.95. The molecule has 1 aliphatic carbocycles. The quantitative estimate of drug-likeness (QED) is 0.296. The second-order valence-electron chi connectivity index (χ2n) is 5.04. The van der Waals surface area contributed by atoms with Gasteiger partial charge in [0.05, 0.1) is 12.2 Å². The van der Waals surface area contributed by atoms with E-state index in [4.69, 9.17) is 16.3 Å². The van der Waals surface area contributed by atoms with E-state index in [1.165, 1.54) is 12.4 Å². The van der Waals surface area contributed by atoms with Crippen molar-refractivity contribution in [1.82, 2.24) is 4.98 Å². The zero-order valence-corrected chi connectivity index (χ0v) is 13.2. The first-order valence-electron chi connectivity index (χ1n) is 7.38. The van der Waals surface area contributed by atoms with Crippen LogP contribution in [0.5, 0.6) is 0 Å². The highest BCUT2D eigenvalue weighted by Crippen LogP contribution is 2.24. The second-order valence-corrected chi connectivity index (χ2v) is 5.40. The van der Waals surface area contributed by atoms with Gasteiger partial charge in [-0.3, -0.25) is 4.99 Å². The number of aliphatic hydroxyl groups excluding tert-OH is 1. The van der Waals surface area contributed by atoms with Crippen molar-refractivity contribution >= 4 is 29.5 Å². The summed E-state index contributed by atoms with van der Waals surface area (Å²) in [6, 6.07) is 3.42. The van der Waals surface area contributed by atoms with Gasteiger partial charge in [-0.05, 0) is 31.9 Å². The number of nitrogens with zero attached hydrogens (tertiary/aromatic N) is 2. The minimum atomic E-state index is -0.623. The van der Waals surface area contributed by atoms with Gasteiger partial charge < -0.3 is 9.84 Å². The van der Waals surface area contributed by atoms with Gasteiger partial charge in [0, 0.05) is 18.5 Å². The maximum atomic E-state index is 12.1. The van der Waals surface area contributed by atoms with Gasteiger partial charge in [0.15, 0.2) is 0 Å². The van der Waals surface area contributed by atoms with E-state index in [1.807, 2.05) is 0 Å². The molecule has 1 aromatic heterocycles. The van der Waals surface area contributed by atoms with Crippen LogP contribution in [0.4, 0.5) is 0 Å². The molecule has 0 unspecified atom stereocenters. The number of carbonyl (C=O) groups is 1. The number of hydrogen-bond donors (Lipinski definition) is 1. The Morgan fingerprint density at radius 3 is 2.91 bits per heavy atom. The van der Waals surface area contributed by atoms with Gasteiger partial charge in [-0.15, -0.1) is 0 Å². The van der Waals surface area contributed by atoms with Crippen molar-refractivity contribution in [3.63, 3.8) is 0 Å². The molecule has 0 aliphatic heterocycles. The molecule has 0 saturated heterocycles. The first-order valence-corrected chi connectivity index (χ1v) is 7.75. The molecule has 118 valence electrons. The lowest BCUT2D eigenvalue weighted by atomic mass is 10.1. The molecule has 0 atom stereocenters. The van der Waals surface area contributed by atoms with E-state index in [0.717, 1.165) is 25.7 Å².